The topological polar surface area (TPSA) is 78.8 Å². The Kier molecular flexibility index (Phi) is 7.00. The molecule has 0 aromatic heterocycles. The molecular weight excluding hydrogens is 186 g/mol. The number of hydrogen-bond acceptors (Lipinski definition) is 4. The highest BCUT2D eigenvalue weighted by molar-refractivity contribution is 5.68. The van der Waals surface area contributed by atoms with Crippen molar-refractivity contribution < 1.29 is 19.7 Å². The van der Waals surface area contributed by atoms with Crippen LogP contribution in [0.4, 0.5) is 0 Å². The third-order valence-corrected chi connectivity index (χ3v) is 1.31. The zero-order chi connectivity index (χ0) is 11.0. The summed E-state index contributed by atoms with van der Waals surface area (Å²) in [5.74, 6) is -0.944. The van der Waals surface area contributed by atoms with Gasteiger partial charge in [-0.2, -0.15) is 0 Å². The first kappa shape index (κ1) is 13.1. The molecular formula is C9H17NO4. The van der Waals surface area contributed by atoms with E-state index in [-0.39, 0.29) is 19.7 Å². The minimum Gasteiger partial charge on any atom is -0.480 e. The molecule has 0 amide bonds. The third-order valence-electron chi connectivity index (χ3n) is 1.31. The third kappa shape index (κ3) is 9.18. The lowest BCUT2D eigenvalue weighted by atomic mass is 10.3. The standard InChI is InChI=1S/C9H17NO4/c1-7(2)5-14-6-8(11)3-10-4-9(12)13/h8,10-11H,1,3-6H2,2H3,(H,12,13). The number of aliphatic hydroxyl groups is 1. The SMILES string of the molecule is C=C(C)COCC(O)CNCC(=O)O. The molecule has 14 heavy (non-hydrogen) atoms. The molecule has 0 fully saturated rings. The minimum absolute atomic E-state index is 0.155. The zero-order valence-electron chi connectivity index (χ0n) is 8.32. The molecule has 0 spiro atoms. The van der Waals surface area contributed by atoms with Gasteiger partial charge in [0.25, 0.3) is 0 Å². The molecule has 82 valence electrons. The van der Waals surface area contributed by atoms with Crippen molar-refractivity contribution in [1.82, 2.24) is 5.32 Å². The molecule has 1 unspecified atom stereocenters. The van der Waals surface area contributed by atoms with E-state index >= 15 is 0 Å². The number of carboxylic acids is 1. The van der Waals surface area contributed by atoms with Gasteiger partial charge in [0.05, 0.1) is 25.9 Å². The van der Waals surface area contributed by atoms with Crippen LogP contribution in [0.5, 0.6) is 0 Å². The summed E-state index contributed by atoms with van der Waals surface area (Å²) in [5, 5.41) is 20.1. The van der Waals surface area contributed by atoms with Crippen LogP contribution in [0.15, 0.2) is 12.2 Å². The first-order valence-electron chi connectivity index (χ1n) is 4.35. The van der Waals surface area contributed by atoms with Gasteiger partial charge in [-0.1, -0.05) is 12.2 Å². The van der Waals surface area contributed by atoms with Gasteiger partial charge in [0.1, 0.15) is 0 Å². The highest BCUT2D eigenvalue weighted by Crippen LogP contribution is 1.90. The van der Waals surface area contributed by atoms with Gasteiger partial charge in [-0.05, 0) is 6.92 Å². The van der Waals surface area contributed by atoms with Crippen LogP contribution in [0.1, 0.15) is 6.92 Å². The molecule has 0 saturated carbocycles. The number of nitrogens with one attached hydrogen (secondary N) is 1. The Morgan fingerprint density at radius 3 is 2.79 bits per heavy atom. The second-order valence-corrected chi connectivity index (χ2v) is 3.15. The predicted octanol–water partition coefficient (Wildman–Crippen LogP) is -0.386. The van der Waals surface area contributed by atoms with Crippen LogP contribution in [0, 0.1) is 0 Å². The summed E-state index contributed by atoms with van der Waals surface area (Å²) in [4.78, 5) is 10.1. The fourth-order valence-corrected chi connectivity index (χ4v) is 0.774. The van der Waals surface area contributed by atoms with E-state index in [2.05, 4.69) is 11.9 Å². The van der Waals surface area contributed by atoms with Crippen molar-refractivity contribution in [3.63, 3.8) is 0 Å². The lowest BCUT2D eigenvalue weighted by Crippen LogP contribution is -2.33. The molecule has 3 N–H and O–H groups in total. The first-order chi connectivity index (χ1) is 6.52. The van der Waals surface area contributed by atoms with Crippen LogP contribution >= 0.6 is 0 Å². The molecule has 1 atom stereocenters. The molecule has 0 radical (unpaired) electrons. The van der Waals surface area contributed by atoms with Gasteiger partial charge in [-0.15, -0.1) is 0 Å². The average Bonchev–Trinajstić information content (AvgIpc) is 2.02. The molecule has 5 heteroatoms. The number of aliphatic hydroxyl groups excluding tert-OH is 1. The molecule has 5 nitrogen and oxygen atoms in total. The van der Waals surface area contributed by atoms with Crippen molar-refractivity contribution in [2.24, 2.45) is 0 Å². The summed E-state index contributed by atoms with van der Waals surface area (Å²) < 4.78 is 5.08. The Balaban J connectivity index is 3.32. The first-order valence-corrected chi connectivity index (χ1v) is 4.35. The molecule has 0 aliphatic rings. The number of hydrogen-bond donors (Lipinski definition) is 3. The monoisotopic (exact) mass is 203 g/mol. The van der Waals surface area contributed by atoms with Gasteiger partial charge in [-0.3, -0.25) is 4.79 Å². The van der Waals surface area contributed by atoms with Crippen molar-refractivity contribution in [2.45, 2.75) is 13.0 Å². The molecule has 0 aliphatic heterocycles. The lowest BCUT2D eigenvalue weighted by Gasteiger charge is -2.11. The van der Waals surface area contributed by atoms with Crippen LogP contribution in [0.2, 0.25) is 0 Å². The smallest absolute Gasteiger partial charge is 0.317 e. The predicted molar refractivity (Wildman–Crippen MR) is 52.1 cm³/mol. The summed E-state index contributed by atoms with van der Waals surface area (Å²) in [7, 11) is 0. The fourth-order valence-electron chi connectivity index (χ4n) is 0.774. The van der Waals surface area contributed by atoms with E-state index in [4.69, 9.17) is 9.84 Å². The molecule has 0 rings (SSSR count). The van der Waals surface area contributed by atoms with E-state index < -0.39 is 12.1 Å². The average molecular weight is 203 g/mol. The van der Waals surface area contributed by atoms with Crippen molar-refractivity contribution in [2.75, 3.05) is 26.3 Å². The summed E-state index contributed by atoms with van der Waals surface area (Å²) in [6, 6.07) is 0. The van der Waals surface area contributed by atoms with E-state index in [1.165, 1.54) is 0 Å². The van der Waals surface area contributed by atoms with Crippen molar-refractivity contribution in [3.8, 4) is 0 Å². The Labute approximate surface area is 83.4 Å². The van der Waals surface area contributed by atoms with Crippen LogP contribution in [0.3, 0.4) is 0 Å². The molecule has 0 heterocycles. The summed E-state index contributed by atoms with van der Waals surface area (Å²) in [6.07, 6.45) is -0.686. The van der Waals surface area contributed by atoms with Crippen LogP contribution in [-0.4, -0.2) is 48.6 Å². The van der Waals surface area contributed by atoms with Gasteiger partial charge in [-0.25, -0.2) is 0 Å². The second kappa shape index (κ2) is 7.49. The van der Waals surface area contributed by atoms with E-state index in [1.54, 1.807) is 0 Å². The summed E-state index contributed by atoms with van der Waals surface area (Å²) in [6.45, 7) is 6.11. The molecule has 0 bridgehead atoms. The Bertz CT molecular complexity index is 173. The Hall–Kier alpha value is -0.910. The van der Waals surface area contributed by atoms with Crippen LogP contribution < -0.4 is 5.32 Å². The number of aliphatic carboxylic acids is 1. The molecule has 0 aliphatic carbocycles. The quantitative estimate of drug-likeness (QED) is 0.468. The largest absolute Gasteiger partial charge is 0.480 e. The maximum atomic E-state index is 10.1. The highest BCUT2D eigenvalue weighted by Gasteiger charge is 2.04. The van der Waals surface area contributed by atoms with Gasteiger partial charge in [0.15, 0.2) is 0 Å². The van der Waals surface area contributed by atoms with Crippen molar-refractivity contribution in [3.05, 3.63) is 12.2 Å². The van der Waals surface area contributed by atoms with Gasteiger partial charge in [0.2, 0.25) is 0 Å². The van der Waals surface area contributed by atoms with E-state index in [1.807, 2.05) is 6.92 Å². The number of rotatable bonds is 8. The minimum atomic E-state index is -0.944. The Morgan fingerprint density at radius 1 is 1.64 bits per heavy atom. The number of carboxylic acid groups (broad SMARTS) is 1. The van der Waals surface area contributed by atoms with Gasteiger partial charge in [0, 0.05) is 6.54 Å². The van der Waals surface area contributed by atoms with E-state index in [0.29, 0.717) is 6.61 Å². The van der Waals surface area contributed by atoms with Gasteiger partial charge >= 0.3 is 5.97 Å². The molecule has 0 aromatic carbocycles. The van der Waals surface area contributed by atoms with Crippen LogP contribution in [-0.2, 0) is 9.53 Å². The maximum absolute atomic E-state index is 10.1. The second-order valence-electron chi connectivity index (χ2n) is 3.15. The number of ether oxygens (including phenoxy) is 1. The van der Waals surface area contributed by atoms with Gasteiger partial charge < -0.3 is 20.3 Å². The van der Waals surface area contributed by atoms with Crippen molar-refractivity contribution in [1.29, 1.82) is 0 Å². The van der Waals surface area contributed by atoms with Crippen molar-refractivity contribution >= 4 is 5.97 Å². The highest BCUT2D eigenvalue weighted by atomic mass is 16.5. The fraction of sp³-hybridized carbons (Fsp3) is 0.667. The molecule has 0 aromatic rings. The van der Waals surface area contributed by atoms with Crippen LogP contribution in [0.25, 0.3) is 0 Å². The normalized spacial score (nSPS) is 12.4. The maximum Gasteiger partial charge on any atom is 0.317 e. The van der Waals surface area contributed by atoms with E-state index in [0.717, 1.165) is 5.57 Å². The number of carbonyl (C=O) groups is 1. The Morgan fingerprint density at radius 2 is 2.29 bits per heavy atom. The zero-order valence-corrected chi connectivity index (χ0v) is 8.32. The molecule has 0 saturated heterocycles. The summed E-state index contributed by atoms with van der Waals surface area (Å²) in [5.41, 5.74) is 0.885. The van der Waals surface area contributed by atoms with E-state index in [9.17, 15) is 9.90 Å². The lowest BCUT2D eigenvalue weighted by molar-refractivity contribution is -0.136. The summed E-state index contributed by atoms with van der Waals surface area (Å²) >= 11 is 0.